The van der Waals surface area contributed by atoms with Crippen molar-refractivity contribution in [3.63, 3.8) is 0 Å². The number of hydrogen-bond acceptors (Lipinski definition) is 5. The summed E-state index contributed by atoms with van der Waals surface area (Å²) in [4.78, 5) is 4.70. The number of phenolic OH excluding ortho intramolecular Hbond substituents is 1. The van der Waals surface area contributed by atoms with Crippen molar-refractivity contribution in [3.8, 4) is 17.0 Å². The van der Waals surface area contributed by atoms with E-state index in [4.69, 9.17) is 4.98 Å². The molecule has 0 spiro atoms. The minimum absolute atomic E-state index is 0.188. The van der Waals surface area contributed by atoms with E-state index in [0.717, 1.165) is 16.8 Å². The molecule has 0 radical (unpaired) electrons. The summed E-state index contributed by atoms with van der Waals surface area (Å²) in [6, 6.07) is 9.00. The van der Waals surface area contributed by atoms with Gasteiger partial charge in [0.05, 0.1) is 22.9 Å². The first-order valence-electron chi connectivity index (χ1n) is 7.76. The summed E-state index contributed by atoms with van der Waals surface area (Å²) in [5.41, 5.74) is 2.13. The van der Waals surface area contributed by atoms with Crippen molar-refractivity contribution in [1.82, 2.24) is 19.3 Å². The quantitative estimate of drug-likeness (QED) is 0.427. The first-order chi connectivity index (χ1) is 12.1. The summed E-state index contributed by atoms with van der Waals surface area (Å²) in [7, 11) is -0.476. The number of phenols is 1. The fourth-order valence-electron chi connectivity index (χ4n) is 2.48. The molecule has 0 saturated heterocycles. The van der Waals surface area contributed by atoms with Crippen molar-refractivity contribution in [3.05, 3.63) is 36.5 Å². The average molecular weight is 377 g/mol. The van der Waals surface area contributed by atoms with Gasteiger partial charge < -0.3 is 10.4 Å². The fraction of sp³-hybridized carbons (Fsp3) is 0.250. The zero-order chi connectivity index (χ0) is 17.8. The topological polar surface area (TPSA) is 91.5 Å². The van der Waals surface area contributed by atoms with Gasteiger partial charge in [-0.25, -0.2) is 13.9 Å². The van der Waals surface area contributed by atoms with Crippen molar-refractivity contribution in [2.75, 3.05) is 31.3 Å². The van der Waals surface area contributed by atoms with Gasteiger partial charge in [-0.3, -0.25) is 0 Å². The van der Waals surface area contributed by atoms with Crippen molar-refractivity contribution < 1.29 is 9.32 Å². The summed E-state index contributed by atoms with van der Waals surface area (Å²) in [6.45, 7) is 3.23. The number of rotatable bonds is 7. The SMILES string of the molecule is CPc1cnn2c(NCCNS(C)=O)cc(-c3ccccc3O)nc12. The minimum Gasteiger partial charge on any atom is -0.507 e. The Hall–Kier alpha value is -2.02. The lowest BCUT2D eigenvalue weighted by atomic mass is 10.1. The van der Waals surface area contributed by atoms with Crippen LogP contribution in [0, 0.1) is 0 Å². The molecule has 132 valence electrons. The molecule has 0 aliphatic rings. The lowest BCUT2D eigenvalue weighted by Crippen LogP contribution is -2.24. The lowest BCUT2D eigenvalue weighted by Gasteiger charge is -2.12. The summed E-state index contributed by atoms with van der Waals surface area (Å²) in [5.74, 6) is 0.963. The number of benzene rings is 1. The third-order valence-electron chi connectivity index (χ3n) is 3.66. The summed E-state index contributed by atoms with van der Waals surface area (Å²) in [6.07, 6.45) is 3.42. The maximum atomic E-state index is 11.1. The second-order valence-corrected chi connectivity index (χ2v) is 7.60. The molecule has 9 heteroatoms. The lowest BCUT2D eigenvalue weighted by molar-refractivity contribution is 0.477. The molecule has 2 unspecified atom stereocenters. The van der Waals surface area contributed by atoms with E-state index in [1.807, 2.05) is 24.4 Å². The Kier molecular flexibility index (Phi) is 5.63. The van der Waals surface area contributed by atoms with Gasteiger partial charge in [0.1, 0.15) is 11.6 Å². The highest BCUT2D eigenvalue weighted by molar-refractivity contribution is 7.82. The van der Waals surface area contributed by atoms with Gasteiger partial charge in [-0.1, -0.05) is 20.7 Å². The molecule has 2 atom stereocenters. The van der Waals surface area contributed by atoms with E-state index in [2.05, 4.69) is 21.8 Å². The monoisotopic (exact) mass is 377 g/mol. The maximum Gasteiger partial charge on any atom is 0.165 e. The largest absolute Gasteiger partial charge is 0.507 e. The average Bonchev–Trinajstić information content (AvgIpc) is 3.02. The Labute approximate surface area is 150 Å². The maximum absolute atomic E-state index is 11.1. The summed E-state index contributed by atoms with van der Waals surface area (Å²) >= 11 is 0. The third-order valence-corrected chi connectivity index (χ3v) is 5.16. The smallest absolute Gasteiger partial charge is 0.165 e. The number of aromatic hydroxyl groups is 1. The van der Waals surface area contributed by atoms with E-state index in [-0.39, 0.29) is 5.75 Å². The third kappa shape index (κ3) is 3.98. The van der Waals surface area contributed by atoms with Crippen LogP contribution in [0.3, 0.4) is 0 Å². The molecule has 0 fully saturated rings. The number of nitrogens with one attached hydrogen (secondary N) is 2. The highest BCUT2D eigenvalue weighted by Gasteiger charge is 2.13. The van der Waals surface area contributed by atoms with Gasteiger partial charge in [-0.15, -0.1) is 0 Å². The van der Waals surface area contributed by atoms with Crippen LogP contribution < -0.4 is 15.3 Å². The molecule has 2 heterocycles. The van der Waals surface area contributed by atoms with Crippen molar-refractivity contribution in [2.45, 2.75) is 0 Å². The molecule has 2 aromatic heterocycles. The standard InChI is InChI=1S/C16H20N5O2PS/c1-24-14-10-18-21-15(17-7-8-19-25(2)23)9-12(20-16(14)21)11-5-3-4-6-13(11)22/h3-6,9-10,17,19,22,24H,7-8H2,1-2H3. The predicted octanol–water partition coefficient (Wildman–Crippen LogP) is 1.33. The molecule has 0 aliphatic carbocycles. The zero-order valence-corrected chi connectivity index (χ0v) is 15.8. The van der Waals surface area contributed by atoms with E-state index in [1.165, 1.54) is 0 Å². The van der Waals surface area contributed by atoms with Gasteiger partial charge in [0.15, 0.2) is 5.65 Å². The molecule has 25 heavy (non-hydrogen) atoms. The summed E-state index contributed by atoms with van der Waals surface area (Å²) < 4.78 is 15.7. The van der Waals surface area contributed by atoms with Crippen molar-refractivity contribution in [1.29, 1.82) is 0 Å². The van der Waals surface area contributed by atoms with Crippen LogP contribution >= 0.6 is 8.58 Å². The van der Waals surface area contributed by atoms with Gasteiger partial charge in [0, 0.05) is 36.3 Å². The Morgan fingerprint density at radius 1 is 1.32 bits per heavy atom. The molecular formula is C16H20N5O2PS. The molecule has 3 N–H and O–H groups in total. The molecule has 3 rings (SSSR count). The minimum atomic E-state index is -1.04. The molecule has 1 aromatic carbocycles. The molecule has 3 aromatic rings. The number of fused-ring (bicyclic) bond motifs is 1. The second kappa shape index (κ2) is 7.91. The number of anilines is 1. The van der Waals surface area contributed by atoms with Crippen LogP contribution in [0.15, 0.2) is 36.5 Å². The second-order valence-electron chi connectivity index (χ2n) is 5.36. The van der Waals surface area contributed by atoms with Crippen LogP contribution in [0.25, 0.3) is 16.9 Å². The number of para-hydroxylation sites is 1. The fourth-order valence-corrected chi connectivity index (χ4v) is 3.44. The first kappa shape index (κ1) is 17.8. The molecule has 0 bridgehead atoms. The van der Waals surface area contributed by atoms with Crippen LogP contribution in [-0.4, -0.2) is 49.9 Å². The molecular weight excluding hydrogens is 357 g/mol. The highest BCUT2D eigenvalue weighted by atomic mass is 32.2. The first-order valence-corrected chi connectivity index (χ1v) is 10.8. The van der Waals surface area contributed by atoms with Crippen LogP contribution in [0.4, 0.5) is 5.82 Å². The molecule has 7 nitrogen and oxygen atoms in total. The Morgan fingerprint density at radius 3 is 2.84 bits per heavy atom. The van der Waals surface area contributed by atoms with Gasteiger partial charge in [-0.05, 0) is 18.8 Å². The van der Waals surface area contributed by atoms with Crippen LogP contribution in [0.5, 0.6) is 5.75 Å². The van der Waals surface area contributed by atoms with E-state index < -0.39 is 11.0 Å². The molecule has 0 aliphatic heterocycles. The Morgan fingerprint density at radius 2 is 2.12 bits per heavy atom. The molecule has 0 amide bonds. The number of nitrogens with zero attached hydrogens (tertiary/aromatic N) is 3. The van der Waals surface area contributed by atoms with Gasteiger partial charge >= 0.3 is 0 Å². The van der Waals surface area contributed by atoms with E-state index in [0.29, 0.717) is 32.9 Å². The summed E-state index contributed by atoms with van der Waals surface area (Å²) in [5, 5.41) is 18.9. The van der Waals surface area contributed by atoms with Crippen molar-refractivity contribution >= 4 is 36.3 Å². The highest BCUT2D eigenvalue weighted by Crippen LogP contribution is 2.29. The predicted molar refractivity (Wildman–Crippen MR) is 105 cm³/mol. The van der Waals surface area contributed by atoms with Gasteiger partial charge in [0.25, 0.3) is 0 Å². The van der Waals surface area contributed by atoms with Crippen molar-refractivity contribution in [2.24, 2.45) is 0 Å². The van der Waals surface area contributed by atoms with Crippen LogP contribution in [0.1, 0.15) is 0 Å². The van der Waals surface area contributed by atoms with Crippen LogP contribution in [0.2, 0.25) is 0 Å². The number of hydrogen-bond donors (Lipinski definition) is 3. The van der Waals surface area contributed by atoms with Crippen LogP contribution in [-0.2, 0) is 11.0 Å². The number of aromatic nitrogens is 3. The Bertz CT molecular complexity index is 915. The van der Waals surface area contributed by atoms with Gasteiger partial charge in [-0.2, -0.15) is 9.61 Å². The van der Waals surface area contributed by atoms with E-state index in [1.54, 1.807) is 22.9 Å². The normalized spacial score (nSPS) is 12.9. The van der Waals surface area contributed by atoms with Gasteiger partial charge in [0.2, 0.25) is 0 Å². The van der Waals surface area contributed by atoms with E-state index >= 15 is 0 Å². The molecule has 0 saturated carbocycles. The Balaban J connectivity index is 2.01. The van der Waals surface area contributed by atoms with E-state index in [9.17, 15) is 9.32 Å². The zero-order valence-electron chi connectivity index (χ0n) is 14.0.